The van der Waals surface area contributed by atoms with E-state index in [-0.39, 0.29) is 12.4 Å². The number of anilines is 1. The summed E-state index contributed by atoms with van der Waals surface area (Å²) in [5, 5.41) is 14.4. The Morgan fingerprint density at radius 3 is 2.89 bits per heavy atom. The predicted octanol–water partition coefficient (Wildman–Crippen LogP) is 3.45. The monoisotopic (exact) mass is 275 g/mol. The third kappa shape index (κ3) is 3.49. The van der Waals surface area contributed by atoms with E-state index in [1.54, 1.807) is 23.6 Å². The van der Waals surface area contributed by atoms with Crippen molar-refractivity contribution in [2.75, 3.05) is 5.32 Å². The van der Waals surface area contributed by atoms with Crippen LogP contribution in [0, 0.1) is 11.2 Å². The number of nitrogens with two attached hydrogens (primary N) is 1. The van der Waals surface area contributed by atoms with Crippen molar-refractivity contribution in [1.29, 1.82) is 5.41 Å². The topological polar surface area (TPSA) is 61.9 Å². The molecule has 5 heteroatoms. The highest BCUT2D eigenvalue weighted by Gasteiger charge is 2.03. The van der Waals surface area contributed by atoms with Gasteiger partial charge in [-0.05, 0) is 40.8 Å². The van der Waals surface area contributed by atoms with E-state index in [2.05, 4.69) is 5.32 Å². The zero-order chi connectivity index (χ0) is 13.7. The zero-order valence-corrected chi connectivity index (χ0v) is 11.0. The van der Waals surface area contributed by atoms with Crippen molar-refractivity contribution in [2.45, 2.75) is 6.54 Å². The lowest BCUT2D eigenvalue weighted by Gasteiger charge is -2.06. The summed E-state index contributed by atoms with van der Waals surface area (Å²) in [6.45, 7) is 0.272. The molecule has 1 heterocycles. The molecule has 0 saturated heterocycles. The van der Waals surface area contributed by atoms with Crippen molar-refractivity contribution < 1.29 is 4.39 Å². The number of rotatable bonds is 5. The third-order valence-corrected chi connectivity index (χ3v) is 3.28. The van der Waals surface area contributed by atoms with Crippen LogP contribution in [0.5, 0.6) is 0 Å². The predicted molar refractivity (Wildman–Crippen MR) is 79.0 cm³/mol. The SMILES string of the molecule is N=C/C(=C\Nc1ccsc1)c1cc(F)cc(CN)c1. The molecular formula is C14H14FN3S. The fourth-order valence-electron chi connectivity index (χ4n) is 1.65. The van der Waals surface area contributed by atoms with E-state index in [1.807, 2.05) is 16.8 Å². The van der Waals surface area contributed by atoms with Crippen molar-refractivity contribution in [3.8, 4) is 0 Å². The van der Waals surface area contributed by atoms with Gasteiger partial charge in [0.05, 0.1) is 0 Å². The molecule has 0 radical (unpaired) electrons. The molecule has 4 N–H and O–H groups in total. The maximum Gasteiger partial charge on any atom is 0.124 e. The second-order valence-corrected chi connectivity index (χ2v) is 4.73. The largest absolute Gasteiger partial charge is 0.360 e. The number of halogens is 1. The van der Waals surface area contributed by atoms with E-state index in [0.717, 1.165) is 5.69 Å². The number of hydrogen-bond donors (Lipinski definition) is 3. The van der Waals surface area contributed by atoms with Crippen LogP contribution in [0.25, 0.3) is 5.57 Å². The first-order valence-electron chi connectivity index (χ1n) is 5.72. The lowest BCUT2D eigenvalue weighted by atomic mass is 10.0. The lowest BCUT2D eigenvalue weighted by molar-refractivity contribution is 0.625. The smallest absolute Gasteiger partial charge is 0.124 e. The molecule has 0 spiro atoms. The van der Waals surface area contributed by atoms with Crippen molar-refractivity contribution in [3.63, 3.8) is 0 Å². The average Bonchev–Trinajstić information content (AvgIpc) is 2.92. The Balaban J connectivity index is 2.28. The van der Waals surface area contributed by atoms with Crippen LogP contribution in [0.15, 0.2) is 41.2 Å². The van der Waals surface area contributed by atoms with Gasteiger partial charge < -0.3 is 16.5 Å². The van der Waals surface area contributed by atoms with E-state index < -0.39 is 0 Å². The van der Waals surface area contributed by atoms with E-state index in [9.17, 15) is 4.39 Å². The summed E-state index contributed by atoms with van der Waals surface area (Å²) in [4.78, 5) is 0. The minimum atomic E-state index is -0.346. The summed E-state index contributed by atoms with van der Waals surface area (Å²) in [6.07, 6.45) is 2.87. The molecule has 2 rings (SSSR count). The quantitative estimate of drug-likeness (QED) is 0.732. The van der Waals surface area contributed by atoms with Crippen LogP contribution >= 0.6 is 11.3 Å². The van der Waals surface area contributed by atoms with Crippen LogP contribution < -0.4 is 11.1 Å². The highest BCUT2D eigenvalue weighted by molar-refractivity contribution is 7.08. The van der Waals surface area contributed by atoms with Gasteiger partial charge in [-0.2, -0.15) is 11.3 Å². The molecule has 1 aromatic heterocycles. The number of nitrogens with one attached hydrogen (secondary N) is 2. The average molecular weight is 275 g/mol. The van der Waals surface area contributed by atoms with Gasteiger partial charge in [-0.3, -0.25) is 0 Å². The van der Waals surface area contributed by atoms with Crippen molar-refractivity contribution in [1.82, 2.24) is 0 Å². The van der Waals surface area contributed by atoms with Crippen LogP contribution in [0.1, 0.15) is 11.1 Å². The van der Waals surface area contributed by atoms with Crippen LogP contribution in [-0.2, 0) is 6.54 Å². The van der Waals surface area contributed by atoms with Gasteiger partial charge >= 0.3 is 0 Å². The number of thiophene rings is 1. The summed E-state index contributed by atoms with van der Waals surface area (Å²) in [5.41, 5.74) is 8.41. The maximum absolute atomic E-state index is 13.4. The van der Waals surface area contributed by atoms with E-state index in [0.29, 0.717) is 16.7 Å². The molecule has 0 bridgehead atoms. The number of benzene rings is 1. The first kappa shape index (κ1) is 13.5. The summed E-state index contributed by atoms with van der Waals surface area (Å²) in [7, 11) is 0. The van der Waals surface area contributed by atoms with Crippen molar-refractivity contribution in [2.24, 2.45) is 5.73 Å². The highest BCUT2D eigenvalue weighted by Crippen LogP contribution is 2.18. The first-order chi connectivity index (χ1) is 9.22. The van der Waals surface area contributed by atoms with Gasteiger partial charge in [-0.1, -0.05) is 0 Å². The Hall–Kier alpha value is -1.98. The standard InChI is InChI=1S/C14H14FN3S/c15-13-4-10(6-16)3-11(5-13)12(7-17)8-18-14-1-2-19-9-14/h1-5,7-9,17-18H,6,16H2/b12-8+,17-7?. The summed E-state index contributed by atoms with van der Waals surface area (Å²) >= 11 is 1.58. The van der Waals surface area contributed by atoms with E-state index in [1.165, 1.54) is 18.3 Å². The van der Waals surface area contributed by atoms with E-state index in [4.69, 9.17) is 11.1 Å². The molecule has 0 atom stereocenters. The molecule has 3 nitrogen and oxygen atoms in total. The minimum Gasteiger partial charge on any atom is -0.360 e. The first-order valence-corrected chi connectivity index (χ1v) is 6.66. The Kier molecular flexibility index (Phi) is 4.43. The van der Waals surface area contributed by atoms with Gasteiger partial charge in [0.25, 0.3) is 0 Å². The Morgan fingerprint density at radius 2 is 2.26 bits per heavy atom. The number of hydrogen-bond acceptors (Lipinski definition) is 4. The number of allylic oxidation sites excluding steroid dienone is 1. The fraction of sp³-hybridized carbons (Fsp3) is 0.0714. The molecule has 0 unspecified atom stereocenters. The van der Waals surface area contributed by atoms with Gasteiger partial charge in [0.15, 0.2) is 0 Å². The third-order valence-electron chi connectivity index (χ3n) is 2.60. The van der Waals surface area contributed by atoms with Crippen LogP contribution in [0.3, 0.4) is 0 Å². The van der Waals surface area contributed by atoms with Crippen LogP contribution in [-0.4, -0.2) is 6.21 Å². The molecule has 0 aliphatic heterocycles. The molecule has 1 aromatic carbocycles. The van der Waals surface area contributed by atoms with Gasteiger partial charge in [0.2, 0.25) is 0 Å². The van der Waals surface area contributed by atoms with Crippen LogP contribution in [0.4, 0.5) is 10.1 Å². The molecule has 19 heavy (non-hydrogen) atoms. The minimum absolute atomic E-state index is 0.272. The second kappa shape index (κ2) is 6.26. The zero-order valence-electron chi connectivity index (χ0n) is 10.2. The van der Waals surface area contributed by atoms with E-state index >= 15 is 0 Å². The Labute approximate surface area is 115 Å². The summed E-state index contributed by atoms with van der Waals surface area (Å²) in [5.74, 6) is -0.346. The molecule has 0 aliphatic rings. The molecule has 0 fully saturated rings. The second-order valence-electron chi connectivity index (χ2n) is 3.95. The Morgan fingerprint density at radius 1 is 1.42 bits per heavy atom. The van der Waals surface area contributed by atoms with Gasteiger partial charge in [-0.25, -0.2) is 4.39 Å². The molecule has 0 saturated carbocycles. The highest BCUT2D eigenvalue weighted by atomic mass is 32.1. The van der Waals surface area contributed by atoms with Crippen molar-refractivity contribution in [3.05, 3.63) is 58.2 Å². The van der Waals surface area contributed by atoms with Crippen LogP contribution in [0.2, 0.25) is 0 Å². The van der Waals surface area contributed by atoms with Gasteiger partial charge in [0.1, 0.15) is 5.82 Å². The summed E-state index contributed by atoms with van der Waals surface area (Å²) in [6, 6.07) is 6.51. The molecule has 2 aromatic rings. The molecular weight excluding hydrogens is 261 g/mol. The Bertz CT molecular complexity index is 591. The lowest BCUT2D eigenvalue weighted by Crippen LogP contribution is -1.99. The summed E-state index contributed by atoms with van der Waals surface area (Å²) < 4.78 is 13.4. The maximum atomic E-state index is 13.4. The van der Waals surface area contributed by atoms with Gasteiger partial charge in [-0.15, -0.1) is 0 Å². The molecule has 98 valence electrons. The molecule has 0 aliphatic carbocycles. The van der Waals surface area contributed by atoms with Gasteiger partial charge in [0, 0.05) is 35.6 Å². The fourth-order valence-corrected chi connectivity index (χ4v) is 2.25. The van der Waals surface area contributed by atoms with Crippen molar-refractivity contribution >= 4 is 28.8 Å². The normalized spacial score (nSPS) is 11.4. The molecule has 0 amide bonds.